The van der Waals surface area contributed by atoms with E-state index in [1.807, 2.05) is 0 Å². The van der Waals surface area contributed by atoms with E-state index in [1.165, 1.54) is 6.20 Å². The lowest BCUT2D eigenvalue weighted by molar-refractivity contribution is 1.19. The SMILES string of the molecule is [N-]=[N+]=NCC#Cc1cnc(N)c(N)n1. The molecule has 0 spiro atoms. The van der Waals surface area contributed by atoms with E-state index in [0.717, 1.165) is 0 Å². The molecule has 1 heterocycles. The molecule has 0 aliphatic rings. The van der Waals surface area contributed by atoms with Gasteiger partial charge in [0.25, 0.3) is 0 Å². The van der Waals surface area contributed by atoms with Crippen molar-refractivity contribution < 1.29 is 0 Å². The summed E-state index contributed by atoms with van der Waals surface area (Å²) < 4.78 is 0. The summed E-state index contributed by atoms with van der Waals surface area (Å²) in [7, 11) is 0. The first-order valence-corrected chi connectivity index (χ1v) is 3.61. The first kappa shape index (κ1) is 9.64. The third-order valence-electron chi connectivity index (χ3n) is 1.26. The Morgan fingerprint density at radius 1 is 1.50 bits per heavy atom. The second-order valence-corrected chi connectivity index (χ2v) is 2.22. The molecule has 70 valence electrons. The van der Waals surface area contributed by atoms with Crippen molar-refractivity contribution in [2.75, 3.05) is 18.0 Å². The number of rotatable bonds is 1. The van der Waals surface area contributed by atoms with Crippen LogP contribution < -0.4 is 11.5 Å². The van der Waals surface area contributed by atoms with E-state index in [-0.39, 0.29) is 18.2 Å². The van der Waals surface area contributed by atoms with Crippen molar-refractivity contribution in [2.24, 2.45) is 5.11 Å². The van der Waals surface area contributed by atoms with Crippen molar-refractivity contribution in [3.63, 3.8) is 0 Å². The molecule has 0 aromatic carbocycles. The molecule has 0 aliphatic carbocycles. The van der Waals surface area contributed by atoms with Gasteiger partial charge in [0, 0.05) is 4.91 Å². The topological polar surface area (TPSA) is 127 Å². The second kappa shape index (κ2) is 4.54. The molecule has 4 N–H and O–H groups in total. The van der Waals surface area contributed by atoms with E-state index >= 15 is 0 Å². The van der Waals surface area contributed by atoms with Gasteiger partial charge < -0.3 is 11.5 Å². The molecule has 0 fully saturated rings. The van der Waals surface area contributed by atoms with Crippen LogP contribution in [0.15, 0.2) is 11.3 Å². The molecule has 0 unspecified atom stereocenters. The largest absolute Gasteiger partial charge is 0.381 e. The summed E-state index contributed by atoms with van der Waals surface area (Å²) in [5.74, 6) is 5.51. The first-order chi connectivity index (χ1) is 6.74. The predicted molar refractivity (Wildman–Crippen MR) is 51.7 cm³/mol. The van der Waals surface area contributed by atoms with Crippen LogP contribution in [0.25, 0.3) is 10.4 Å². The van der Waals surface area contributed by atoms with Crippen LogP contribution >= 0.6 is 0 Å². The van der Waals surface area contributed by atoms with Crippen LogP contribution in [0.5, 0.6) is 0 Å². The number of nitrogens with zero attached hydrogens (tertiary/aromatic N) is 5. The molecule has 0 saturated carbocycles. The molecule has 1 rings (SSSR count). The Kier molecular flexibility index (Phi) is 3.13. The summed E-state index contributed by atoms with van der Waals surface area (Å²) in [5, 5.41) is 3.23. The van der Waals surface area contributed by atoms with Crippen molar-refractivity contribution in [3.8, 4) is 11.8 Å². The number of hydrogen-bond donors (Lipinski definition) is 2. The number of anilines is 2. The molecule has 7 nitrogen and oxygen atoms in total. The summed E-state index contributed by atoms with van der Waals surface area (Å²) in [6.45, 7) is 0.0858. The Labute approximate surface area is 79.8 Å². The van der Waals surface area contributed by atoms with Gasteiger partial charge in [0.1, 0.15) is 5.69 Å². The Bertz CT molecular complexity index is 435. The average Bonchev–Trinajstić information content (AvgIpc) is 2.18. The quantitative estimate of drug-likeness (QED) is 0.285. The van der Waals surface area contributed by atoms with E-state index in [0.29, 0.717) is 5.69 Å². The minimum atomic E-state index is 0.0858. The Morgan fingerprint density at radius 3 is 2.93 bits per heavy atom. The maximum atomic E-state index is 7.97. The number of nitrogen functional groups attached to an aromatic ring is 2. The van der Waals surface area contributed by atoms with Crippen molar-refractivity contribution in [2.45, 2.75) is 0 Å². The molecule has 0 aliphatic heterocycles. The highest BCUT2D eigenvalue weighted by Crippen LogP contribution is 2.05. The van der Waals surface area contributed by atoms with Gasteiger partial charge in [-0.1, -0.05) is 11.0 Å². The number of aromatic nitrogens is 2. The van der Waals surface area contributed by atoms with Gasteiger partial charge in [-0.25, -0.2) is 9.97 Å². The van der Waals surface area contributed by atoms with Gasteiger partial charge in [-0.05, 0) is 11.5 Å². The molecule has 1 aromatic rings. The van der Waals surface area contributed by atoms with Crippen LogP contribution in [0.2, 0.25) is 0 Å². The average molecular weight is 189 g/mol. The van der Waals surface area contributed by atoms with Crippen molar-refractivity contribution in [1.82, 2.24) is 9.97 Å². The number of nitrogens with two attached hydrogens (primary N) is 2. The Morgan fingerprint density at radius 2 is 2.29 bits per heavy atom. The summed E-state index contributed by atoms with van der Waals surface area (Å²) in [4.78, 5) is 10.2. The van der Waals surface area contributed by atoms with Gasteiger partial charge in [-0.15, -0.1) is 0 Å². The molecule has 7 heteroatoms. The van der Waals surface area contributed by atoms with Crippen molar-refractivity contribution in [1.29, 1.82) is 0 Å². The predicted octanol–water partition coefficient (Wildman–Crippen LogP) is 0.303. The maximum Gasteiger partial charge on any atom is 0.167 e. The zero-order valence-corrected chi connectivity index (χ0v) is 7.18. The fourth-order valence-corrected chi connectivity index (χ4v) is 0.670. The Balaban J connectivity index is 2.80. The molecule has 0 atom stereocenters. The van der Waals surface area contributed by atoms with Gasteiger partial charge in [0.05, 0.1) is 12.7 Å². The molecule has 0 radical (unpaired) electrons. The van der Waals surface area contributed by atoms with Crippen LogP contribution in [0, 0.1) is 11.8 Å². The standard InChI is InChI=1S/C7H7N7/c8-6-7(9)13-5(4-11-6)2-1-3-12-14-10/h4H,3H2,(H2,8,11)(H2,9,13). The molecule has 0 saturated heterocycles. The van der Waals surface area contributed by atoms with Crippen LogP contribution in [0.4, 0.5) is 11.6 Å². The van der Waals surface area contributed by atoms with Crippen molar-refractivity contribution in [3.05, 3.63) is 22.3 Å². The van der Waals surface area contributed by atoms with Crippen LogP contribution in [-0.4, -0.2) is 16.5 Å². The highest BCUT2D eigenvalue weighted by atomic mass is 15.1. The monoisotopic (exact) mass is 189 g/mol. The van der Waals surface area contributed by atoms with Crippen LogP contribution in [0.1, 0.15) is 5.69 Å². The Hall–Kier alpha value is -2.45. The van der Waals surface area contributed by atoms with Gasteiger partial charge >= 0.3 is 0 Å². The lowest BCUT2D eigenvalue weighted by atomic mass is 10.4. The van der Waals surface area contributed by atoms with E-state index in [4.69, 9.17) is 17.0 Å². The van der Waals surface area contributed by atoms with E-state index in [2.05, 4.69) is 31.8 Å². The second-order valence-electron chi connectivity index (χ2n) is 2.22. The van der Waals surface area contributed by atoms with Crippen LogP contribution in [0.3, 0.4) is 0 Å². The highest BCUT2D eigenvalue weighted by Gasteiger charge is 1.96. The molecule has 14 heavy (non-hydrogen) atoms. The third-order valence-corrected chi connectivity index (χ3v) is 1.26. The van der Waals surface area contributed by atoms with Crippen LogP contribution in [-0.2, 0) is 0 Å². The zero-order valence-electron chi connectivity index (χ0n) is 7.18. The molecule has 0 amide bonds. The molecular formula is C7H7N7. The third kappa shape index (κ3) is 2.55. The summed E-state index contributed by atoms with van der Waals surface area (Å²) in [6.07, 6.45) is 1.40. The number of hydrogen-bond acceptors (Lipinski definition) is 5. The summed E-state index contributed by atoms with van der Waals surface area (Å²) in [6, 6.07) is 0. The smallest absolute Gasteiger partial charge is 0.167 e. The van der Waals surface area contributed by atoms with Crippen molar-refractivity contribution >= 4 is 11.6 Å². The summed E-state index contributed by atoms with van der Waals surface area (Å²) >= 11 is 0. The first-order valence-electron chi connectivity index (χ1n) is 3.61. The lowest BCUT2D eigenvalue weighted by Crippen LogP contribution is -2.01. The zero-order chi connectivity index (χ0) is 10.4. The molecule has 1 aromatic heterocycles. The summed E-state index contributed by atoms with van der Waals surface area (Å²) in [5.41, 5.74) is 19.1. The van der Waals surface area contributed by atoms with Gasteiger partial charge in [-0.2, -0.15) is 0 Å². The fourth-order valence-electron chi connectivity index (χ4n) is 0.670. The lowest BCUT2D eigenvalue weighted by Gasteiger charge is -1.96. The molecular weight excluding hydrogens is 182 g/mol. The normalized spacial score (nSPS) is 8.29. The fraction of sp³-hybridized carbons (Fsp3) is 0.143. The van der Waals surface area contributed by atoms with E-state index < -0.39 is 0 Å². The van der Waals surface area contributed by atoms with Gasteiger partial charge in [0.15, 0.2) is 11.6 Å². The minimum Gasteiger partial charge on any atom is -0.381 e. The molecule has 0 bridgehead atoms. The van der Waals surface area contributed by atoms with E-state index in [1.54, 1.807) is 0 Å². The van der Waals surface area contributed by atoms with Gasteiger partial charge in [0.2, 0.25) is 0 Å². The highest BCUT2D eigenvalue weighted by molar-refractivity contribution is 5.53. The minimum absolute atomic E-state index is 0.0858. The van der Waals surface area contributed by atoms with Gasteiger partial charge in [-0.3, -0.25) is 0 Å². The number of azide groups is 1. The maximum absolute atomic E-state index is 7.97. The van der Waals surface area contributed by atoms with E-state index in [9.17, 15) is 0 Å².